The standard InChI is InChI=1S/C19H23ClN6O2/c1-19(2,3)14-9-22-15(27-14)10-23-18(21-4)24-11-16-25-17(26-28-16)12-5-7-13(20)8-6-12/h5-9H,10-11H2,1-4H3,(H2,21,23,24). The minimum Gasteiger partial charge on any atom is -0.443 e. The molecule has 0 aliphatic carbocycles. The van der Waals surface area contributed by atoms with E-state index in [1.807, 2.05) is 12.1 Å². The third kappa shape index (κ3) is 5.10. The number of aliphatic imine (C=N–C) groups is 1. The summed E-state index contributed by atoms with van der Waals surface area (Å²) in [5.74, 6) is 2.95. The summed E-state index contributed by atoms with van der Waals surface area (Å²) in [7, 11) is 1.68. The number of aromatic nitrogens is 3. The third-order valence-corrected chi connectivity index (χ3v) is 4.15. The summed E-state index contributed by atoms with van der Waals surface area (Å²) < 4.78 is 11.0. The lowest BCUT2D eigenvalue weighted by molar-refractivity contribution is 0.373. The number of oxazole rings is 1. The van der Waals surface area contributed by atoms with Gasteiger partial charge in [0, 0.05) is 23.0 Å². The van der Waals surface area contributed by atoms with Gasteiger partial charge in [0.1, 0.15) is 5.76 Å². The van der Waals surface area contributed by atoms with Crippen molar-refractivity contribution in [1.82, 2.24) is 25.8 Å². The molecule has 0 saturated carbocycles. The van der Waals surface area contributed by atoms with Crippen LogP contribution in [0.3, 0.4) is 0 Å². The molecule has 3 aromatic rings. The molecule has 28 heavy (non-hydrogen) atoms. The summed E-state index contributed by atoms with van der Waals surface area (Å²) in [5.41, 5.74) is 0.755. The van der Waals surface area contributed by atoms with E-state index in [0.29, 0.717) is 41.7 Å². The molecule has 3 rings (SSSR count). The maximum Gasteiger partial charge on any atom is 0.246 e. The number of halogens is 1. The SMILES string of the molecule is CN=C(NCc1nc(-c2ccc(Cl)cc2)no1)NCc1ncc(C(C)(C)C)o1. The molecule has 0 unspecified atom stereocenters. The lowest BCUT2D eigenvalue weighted by atomic mass is 9.94. The van der Waals surface area contributed by atoms with Crippen molar-refractivity contribution in [2.45, 2.75) is 39.3 Å². The molecular formula is C19H23ClN6O2. The van der Waals surface area contributed by atoms with Gasteiger partial charge in [0.15, 0.2) is 5.96 Å². The average Bonchev–Trinajstić information content (AvgIpc) is 3.32. The fraction of sp³-hybridized carbons (Fsp3) is 0.368. The Hall–Kier alpha value is -2.87. The monoisotopic (exact) mass is 402 g/mol. The summed E-state index contributed by atoms with van der Waals surface area (Å²) in [6.45, 7) is 6.98. The maximum atomic E-state index is 5.90. The smallest absolute Gasteiger partial charge is 0.246 e. The average molecular weight is 403 g/mol. The van der Waals surface area contributed by atoms with Crippen LogP contribution in [-0.4, -0.2) is 28.1 Å². The van der Waals surface area contributed by atoms with Crippen LogP contribution in [0.5, 0.6) is 0 Å². The zero-order chi connectivity index (χ0) is 20.1. The largest absolute Gasteiger partial charge is 0.443 e. The second-order valence-corrected chi connectivity index (χ2v) is 7.60. The molecule has 148 valence electrons. The zero-order valence-corrected chi connectivity index (χ0v) is 17.0. The second kappa shape index (κ2) is 8.43. The van der Waals surface area contributed by atoms with E-state index in [1.165, 1.54) is 0 Å². The number of nitrogens with zero attached hydrogens (tertiary/aromatic N) is 4. The molecule has 0 fully saturated rings. The van der Waals surface area contributed by atoms with Crippen LogP contribution in [-0.2, 0) is 18.5 Å². The van der Waals surface area contributed by atoms with Gasteiger partial charge in [-0.05, 0) is 24.3 Å². The molecule has 0 amide bonds. The van der Waals surface area contributed by atoms with Crippen LogP contribution in [0.15, 0.2) is 44.4 Å². The van der Waals surface area contributed by atoms with Gasteiger partial charge in [0.2, 0.25) is 17.6 Å². The van der Waals surface area contributed by atoms with Gasteiger partial charge in [0.05, 0.1) is 19.3 Å². The van der Waals surface area contributed by atoms with Crippen molar-refractivity contribution in [3.05, 3.63) is 53.0 Å². The highest BCUT2D eigenvalue weighted by Gasteiger charge is 2.19. The van der Waals surface area contributed by atoms with E-state index in [1.54, 1.807) is 25.4 Å². The predicted octanol–water partition coefficient (Wildman–Crippen LogP) is 3.54. The number of rotatable bonds is 5. The second-order valence-electron chi connectivity index (χ2n) is 7.17. The number of guanidine groups is 1. The first-order chi connectivity index (χ1) is 13.3. The lowest BCUT2D eigenvalue weighted by Crippen LogP contribution is -2.36. The summed E-state index contributed by atoms with van der Waals surface area (Å²) in [6.07, 6.45) is 1.75. The highest BCUT2D eigenvalue weighted by Crippen LogP contribution is 2.22. The molecule has 0 bridgehead atoms. The summed E-state index contributed by atoms with van der Waals surface area (Å²) >= 11 is 5.90. The topological polar surface area (TPSA) is 101 Å². The van der Waals surface area contributed by atoms with Crippen molar-refractivity contribution in [3.8, 4) is 11.4 Å². The fourth-order valence-corrected chi connectivity index (χ4v) is 2.45. The van der Waals surface area contributed by atoms with Crippen LogP contribution in [0.4, 0.5) is 0 Å². The van der Waals surface area contributed by atoms with Gasteiger partial charge in [0.25, 0.3) is 0 Å². The quantitative estimate of drug-likeness (QED) is 0.497. The van der Waals surface area contributed by atoms with Crippen molar-refractivity contribution >= 4 is 17.6 Å². The first kappa shape index (κ1) is 19.9. The Bertz CT molecular complexity index is 940. The van der Waals surface area contributed by atoms with Gasteiger partial charge in [-0.15, -0.1) is 0 Å². The lowest BCUT2D eigenvalue weighted by Gasteiger charge is -2.13. The van der Waals surface area contributed by atoms with Crippen molar-refractivity contribution in [3.63, 3.8) is 0 Å². The van der Waals surface area contributed by atoms with Crippen molar-refractivity contribution in [1.29, 1.82) is 0 Å². The van der Waals surface area contributed by atoms with Crippen LogP contribution < -0.4 is 10.6 Å². The number of hydrogen-bond donors (Lipinski definition) is 2. The van der Waals surface area contributed by atoms with E-state index in [0.717, 1.165) is 11.3 Å². The molecule has 2 N–H and O–H groups in total. The summed E-state index contributed by atoms with van der Waals surface area (Å²) in [6, 6.07) is 7.25. The molecule has 2 heterocycles. The van der Waals surface area contributed by atoms with E-state index in [2.05, 4.69) is 51.5 Å². The van der Waals surface area contributed by atoms with Crippen LogP contribution in [0.1, 0.15) is 38.3 Å². The molecule has 8 nitrogen and oxygen atoms in total. The minimum atomic E-state index is -0.0784. The number of hydrogen-bond acceptors (Lipinski definition) is 6. The van der Waals surface area contributed by atoms with Crippen LogP contribution in [0, 0.1) is 0 Å². The Morgan fingerprint density at radius 1 is 1.11 bits per heavy atom. The third-order valence-electron chi connectivity index (χ3n) is 3.90. The van der Waals surface area contributed by atoms with Gasteiger partial charge >= 0.3 is 0 Å². The molecule has 1 aromatic carbocycles. The van der Waals surface area contributed by atoms with Gasteiger partial charge in [-0.3, -0.25) is 4.99 Å². The molecule has 2 aromatic heterocycles. The molecule has 0 atom stereocenters. The van der Waals surface area contributed by atoms with Crippen molar-refractivity contribution in [2.75, 3.05) is 7.05 Å². The summed E-state index contributed by atoms with van der Waals surface area (Å²) in [4.78, 5) is 12.8. The van der Waals surface area contributed by atoms with Crippen molar-refractivity contribution < 1.29 is 8.94 Å². The first-order valence-electron chi connectivity index (χ1n) is 8.83. The van der Waals surface area contributed by atoms with Crippen LogP contribution >= 0.6 is 11.6 Å². The normalized spacial score (nSPS) is 12.2. The molecule has 0 aliphatic rings. The molecule has 0 saturated heterocycles. The van der Waals surface area contributed by atoms with Gasteiger partial charge in [-0.25, -0.2) is 4.98 Å². The minimum absolute atomic E-state index is 0.0784. The Labute approximate surface area is 168 Å². The maximum absolute atomic E-state index is 5.90. The van der Waals surface area contributed by atoms with Crippen LogP contribution in [0.25, 0.3) is 11.4 Å². The Morgan fingerprint density at radius 3 is 2.39 bits per heavy atom. The predicted molar refractivity (Wildman–Crippen MR) is 107 cm³/mol. The number of benzene rings is 1. The van der Waals surface area contributed by atoms with E-state index >= 15 is 0 Å². The van der Waals surface area contributed by atoms with E-state index in [-0.39, 0.29) is 5.41 Å². The molecule has 0 spiro atoms. The highest BCUT2D eigenvalue weighted by molar-refractivity contribution is 6.30. The summed E-state index contributed by atoms with van der Waals surface area (Å²) in [5, 5.41) is 10.9. The first-order valence-corrected chi connectivity index (χ1v) is 9.21. The Kier molecular flexibility index (Phi) is 5.99. The Balaban J connectivity index is 1.53. The molecule has 0 aliphatic heterocycles. The van der Waals surface area contributed by atoms with Gasteiger partial charge in [-0.2, -0.15) is 4.98 Å². The van der Waals surface area contributed by atoms with E-state index < -0.39 is 0 Å². The molecule has 0 radical (unpaired) electrons. The number of nitrogens with one attached hydrogen (secondary N) is 2. The highest BCUT2D eigenvalue weighted by atomic mass is 35.5. The van der Waals surface area contributed by atoms with Gasteiger partial charge < -0.3 is 19.6 Å². The zero-order valence-electron chi connectivity index (χ0n) is 16.3. The van der Waals surface area contributed by atoms with E-state index in [9.17, 15) is 0 Å². The fourth-order valence-electron chi connectivity index (χ4n) is 2.32. The van der Waals surface area contributed by atoms with E-state index in [4.69, 9.17) is 20.5 Å². The molecule has 9 heteroatoms. The van der Waals surface area contributed by atoms with Gasteiger partial charge in [-0.1, -0.05) is 37.5 Å². The van der Waals surface area contributed by atoms with Crippen molar-refractivity contribution in [2.24, 2.45) is 4.99 Å². The molecular weight excluding hydrogens is 380 g/mol. The Morgan fingerprint density at radius 2 is 1.79 bits per heavy atom. The van der Waals surface area contributed by atoms with Crippen LogP contribution in [0.2, 0.25) is 5.02 Å².